The van der Waals surface area contributed by atoms with E-state index in [4.69, 9.17) is 0 Å². The highest BCUT2D eigenvalue weighted by Crippen LogP contribution is 2.41. The maximum Gasteiger partial charge on any atom is 0.241 e. The second-order valence-electron chi connectivity index (χ2n) is 9.82. The molecule has 0 N–H and O–H groups in total. The summed E-state index contributed by atoms with van der Waals surface area (Å²) in [5.41, 5.74) is -0.302. The molecule has 186 valence electrons. The molecule has 7 nitrogen and oxygen atoms in total. The SMILES string of the molecule is CN(C)CCN1C(=O)CC(CC(=O)N2CCN(C)C(c3ccccc3)C2)(c2ccccc2F)C1=O. The summed E-state index contributed by atoms with van der Waals surface area (Å²) in [6.45, 7) is 2.37. The van der Waals surface area contributed by atoms with Gasteiger partial charge in [0.25, 0.3) is 0 Å². The van der Waals surface area contributed by atoms with E-state index >= 15 is 4.39 Å². The molecule has 2 aromatic rings. The summed E-state index contributed by atoms with van der Waals surface area (Å²) in [6.07, 6.45) is -0.440. The summed E-state index contributed by atoms with van der Waals surface area (Å²) in [5, 5.41) is 0. The molecular formula is C27H33FN4O3. The van der Waals surface area contributed by atoms with Gasteiger partial charge in [-0.3, -0.25) is 24.2 Å². The van der Waals surface area contributed by atoms with Crippen LogP contribution in [0.15, 0.2) is 54.6 Å². The Balaban J connectivity index is 1.62. The number of nitrogens with zero attached hydrogens (tertiary/aromatic N) is 4. The second-order valence-corrected chi connectivity index (χ2v) is 9.82. The fraction of sp³-hybridized carbons (Fsp3) is 0.444. The first kappa shape index (κ1) is 25.0. The molecule has 3 amide bonds. The van der Waals surface area contributed by atoms with E-state index in [2.05, 4.69) is 4.90 Å². The number of likely N-dealkylation sites (tertiary alicyclic amines) is 1. The van der Waals surface area contributed by atoms with Gasteiger partial charge in [0.05, 0.1) is 11.5 Å². The molecule has 0 saturated carbocycles. The Morgan fingerprint density at radius 3 is 2.43 bits per heavy atom. The van der Waals surface area contributed by atoms with Crippen molar-refractivity contribution in [2.24, 2.45) is 0 Å². The van der Waals surface area contributed by atoms with Gasteiger partial charge in [0.15, 0.2) is 0 Å². The average Bonchev–Trinajstić information content (AvgIpc) is 3.08. The van der Waals surface area contributed by atoms with Gasteiger partial charge >= 0.3 is 0 Å². The predicted molar refractivity (Wildman–Crippen MR) is 131 cm³/mol. The molecule has 2 aliphatic rings. The monoisotopic (exact) mass is 480 g/mol. The number of hydrogen-bond donors (Lipinski definition) is 0. The van der Waals surface area contributed by atoms with Gasteiger partial charge in [-0.2, -0.15) is 0 Å². The van der Waals surface area contributed by atoms with E-state index in [1.54, 1.807) is 17.0 Å². The highest BCUT2D eigenvalue weighted by molar-refractivity contribution is 6.10. The molecule has 2 heterocycles. The summed E-state index contributed by atoms with van der Waals surface area (Å²) in [5.74, 6) is -1.67. The van der Waals surface area contributed by atoms with Gasteiger partial charge in [0, 0.05) is 51.1 Å². The number of imide groups is 1. The van der Waals surface area contributed by atoms with E-state index < -0.39 is 17.1 Å². The number of carbonyl (C=O) groups excluding carboxylic acids is 3. The number of likely N-dealkylation sites (N-methyl/N-ethyl adjacent to an activating group) is 2. The number of halogens is 1. The molecule has 2 aliphatic heterocycles. The average molecular weight is 481 g/mol. The van der Waals surface area contributed by atoms with E-state index in [1.165, 1.54) is 17.0 Å². The predicted octanol–water partition coefficient (Wildman–Crippen LogP) is 2.29. The van der Waals surface area contributed by atoms with Crippen LogP contribution in [-0.2, 0) is 19.8 Å². The van der Waals surface area contributed by atoms with Crippen molar-refractivity contribution in [2.45, 2.75) is 24.3 Å². The van der Waals surface area contributed by atoms with E-state index in [1.807, 2.05) is 56.4 Å². The Morgan fingerprint density at radius 1 is 1.06 bits per heavy atom. The highest BCUT2D eigenvalue weighted by Gasteiger charge is 2.55. The third-order valence-electron chi connectivity index (χ3n) is 7.21. The summed E-state index contributed by atoms with van der Waals surface area (Å²) in [7, 11) is 5.74. The molecule has 0 radical (unpaired) electrons. The van der Waals surface area contributed by atoms with Crippen LogP contribution in [0.2, 0.25) is 0 Å². The largest absolute Gasteiger partial charge is 0.339 e. The third-order valence-corrected chi connectivity index (χ3v) is 7.21. The lowest BCUT2D eigenvalue weighted by atomic mass is 9.75. The van der Waals surface area contributed by atoms with Crippen LogP contribution in [0.3, 0.4) is 0 Å². The zero-order valence-corrected chi connectivity index (χ0v) is 20.6. The molecule has 2 saturated heterocycles. The van der Waals surface area contributed by atoms with Gasteiger partial charge in [-0.15, -0.1) is 0 Å². The quantitative estimate of drug-likeness (QED) is 0.569. The van der Waals surface area contributed by atoms with Crippen molar-refractivity contribution in [3.05, 3.63) is 71.5 Å². The minimum absolute atomic E-state index is 0.0239. The maximum absolute atomic E-state index is 15.0. The van der Waals surface area contributed by atoms with Gasteiger partial charge in [-0.05, 0) is 32.8 Å². The molecule has 8 heteroatoms. The maximum atomic E-state index is 15.0. The topological polar surface area (TPSA) is 64.2 Å². The van der Waals surface area contributed by atoms with Gasteiger partial charge in [-0.1, -0.05) is 48.5 Å². The van der Waals surface area contributed by atoms with Crippen molar-refractivity contribution in [1.82, 2.24) is 19.6 Å². The normalized spacial score (nSPS) is 23.4. The van der Waals surface area contributed by atoms with Gasteiger partial charge in [-0.25, -0.2) is 4.39 Å². The minimum atomic E-state index is -1.53. The number of carbonyl (C=O) groups is 3. The molecule has 0 aliphatic carbocycles. The number of amides is 3. The Kier molecular flexibility index (Phi) is 7.33. The van der Waals surface area contributed by atoms with Crippen LogP contribution in [0.5, 0.6) is 0 Å². The number of piperazine rings is 1. The first-order chi connectivity index (χ1) is 16.7. The molecule has 2 fully saturated rings. The lowest BCUT2D eigenvalue weighted by molar-refractivity contribution is -0.143. The van der Waals surface area contributed by atoms with E-state index in [9.17, 15) is 14.4 Å². The smallest absolute Gasteiger partial charge is 0.241 e. The third kappa shape index (κ3) is 4.99. The molecule has 2 atom stereocenters. The first-order valence-electron chi connectivity index (χ1n) is 12.0. The second kappa shape index (κ2) is 10.3. The van der Waals surface area contributed by atoms with E-state index in [-0.39, 0.29) is 42.8 Å². The van der Waals surface area contributed by atoms with Gasteiger partial charge in [0.1, 0.15) is 5.82 Å². The zero-order valence-electron chi connectivity index (χ0n) is 20.6. The zero-order chi connectivity index (χ0) is 25.2. The Morgan fingerprint density at radius 2 is 1.74 bits per heavy atom. The Labute approximate surface area is 206 Å². The van der Waals surface area contributed by atoms with Crippen molar-refractivity contribution in [2.75, 3.05) is 53.9 Å². The standard InChI is InChI=1S/C27H33FN4O3/c1-29(2)13-16-32-25(34)18-27(26(32)35,21-11-7-8-12-22(21)28)17-24(33)31-15-14-30(3)23(19-31)20-9-5-4-6-10-20/h4-12,23H,13-19H2,1-3H3. The van der Waals surface area contributed by atoms with Crippen molar-refractivity contribution in [3.8, 4) is 0 Å². The van der Waals surface area contributed by atoms with Crippen LogP contribution in [-0.4, -0.2) is 91.2 Å². The molecule has 0 bridgehead atoms. The summed E-state index contributed by atoms with van der Waals surface area (Å²) < 4.78 is 15.0. The van der Waals surface area contributed by atoms with Crippen molar-refractivity contribution < 1.29 is 18.8 Å². The van der Waals surface area contributed by atoms with Crippen LogP contribution in [0, 0.1) is 5.82 Å². The molecular weight excluding hydrogens is 447 g/mol. The molecule has 0 aromatic heterocycles. The van der Waals surface area contributed by atoms with Crippen LogP contribution in [0.25, 0.3) is 0 Å². The fourth-order valence-electron chi connectivity index (χ4n) is 5.13. The van der Waals surface area contributed by atoms with Crippen molar-refractivity contribution in [3.63, 3.8) is 0 Å². The lowest BCUT2D eigenvalue weighted by Gasteiger charge is -2.41. The van der Waals surface area contributed by atoms with Crippen LogP contribution < -0.4 is 0 Å². The fourth-order valence-corrected chi connectivity index (χ4v) is 5.13. The molecule has 0 spiro atoms. The number of hydrogen-bond acceptors (Lipinski definition) is 5. The number of benzene rings is 2. The van der Waals surface area contributed by atoms with E-state index in [0.717, 1.165) is 5.56 Å². The molecule has 2 aromatic carbocycles. The molecule has 4 rings (SSSR count). The highest BCUT2D eigenvalue weighted by atomic mass is 19.1. The van der Waals surface area contributed by atoms with Crippen molar-refractivity contribution >= 4 is 17.7 Å². The van der Waals surface area contributed by atoms with Crippen LogP contribution >= 0.6 is 0 Å². The summed E-state index contributed by atoms with van der Waals surface area (Å²) in [6, 6.07) is 16.0. The van der Waals surface area contributed by atoms with E-state index in [0.29, 0.717) is 26.2 Å². The van der Waals surface area contributed by atoms with Crippen molar-refractivity contribution in [1.29, 1.82) is 0 Å². The molecule has 2 unspecified atom stereocenters. The molecule has 35 heavy (non-hydrogen) atoms. The summed E-state index contributed by atoms with van der Waals surface area (Å²) >= 11 is 0. The van der Waals surface area contributed by atoms with Gasteiger partial charge in [0.2, 0.25) is 17.7 Å². The first-order valence-corrected chi connectivity index (χ1v) is 12.0. The summed E-state index contributed by atoms with van der Waals surface area (Å²) in [4.78, 5) is 47.3. The minimum Gasteiger partial charge on any atom is -0.339 e. The lowest BCUT2D eigenvalue weighted by Crippen LogP contribution is -2.51. The van der Waals surface area contributed by atoms with Crippen LogP contribution in [0.4, 0.5) is 4.39 Å². The van der Waals surface area contributed by atoms with Crippen LogP contribution in [0.1, 0.15) is 30.0 Å². The van der Waals surface area contributed by atoms with Gasteiger partial charge < -0.3 is 9.80 Å². The Bertz CT molecular complexity index is 1090. The number of rotatable bonds is 7. The Hall–Kier alpha value is -3.10.